The van der Waals surface area contributed by atoms with Gasteiger partial charge < -0.3 is 30.1 Å². The van der Waals surface area contributed by atoms with Crippen molar-refractivity contribution in [1.82, 2.24) is 19.5 Å². The van der Waals surface area contributed by atoms with Crippen molar-refractivity contribution in [2.45, 2.75) is 0 Å². The highest BCUT2D eigenvalue weighted by Crippen LogP contribution is 2.54. The van der Waals surface area contributed by atoms with Crippen molar-refractivity contribution in [3.05, 3.63) is 164 Å². The largest absolute Gasteiger partial charge is 0.504 e. The molecule has 0 aliphatic rings. The van der Waals surface area contributed by atoms with Gasteiger partial charge in [-0.15, -0.1) is 11.3 Å². The van der Waals surface area contributed by atoms with Crippen LogP contribution >= 0.6 is 11.3 Å². The number of thiophene rings is 1. The van der Waals surface area contributed by atoms with Crippen LogP contribution < -0.4 is 0 Å². The molecule has 0 radical (unpaired) electrons. The number of nitrogens with zero attached hydrogens (tertiary/aromatic N) is 4. The molecular formula is C51H32N4O5S. The van der Waals surface area contributed by atoms with Crippen molar-refractivity contribution in [2.24, 2.45) is 0 Å². The van der Waals surface area contributed by atoms with Gasteiger partial charge in [-0.2, -0.15) is 0 Å². The molecule has 9 nitrogen and oxygen atoms in total. The number of rotatable bonds is 6. The molecule has 3 heterocycles. The Labute approximate surface area is 351 Å². The van der Waals surface area contributed by atoms with E-state index >= 15 is 0 Å². The predicted octanol–water partition coefficient (Wildman–Crippen LogP) is 12.2. The molecule has 0 unspecified atom stereocenters. The molecule has 11 aromatic rings. The molecule has 10 heteroatoms. The highest BCUT2D eigenvalue weighted by atomic mass is 32.1. The molecule has 0 aliphatic heterocycles. The van der Waals surface area contributed by atoms with Crippen molar-refractivity contribution < 1.29 is 25.5 Å². The van der Waals surface area contributed by atoms with Gasteiger partial charge in [0.1, 0.15) is 5.56 Å². The smallest absolute Gasteiger partial charge is 0.208 e. The van der Waals surface area contributed by atoms with Crippen molar-refractivity contribution in [1.29, 1.82) is 0 Å². The van der Waals surface area contributed by atoms with Crippen molar-refractivity contribution in [3.8, 4) is 90.9 Å². The highest BCUT2D eigenvalue weighted by molar-refractivity contribution is 7.26. The van der Waals surface area contributed by atoms with Gasteiger partial charge in [0.15, 0.2) is 29.0 Å². The minimum atomic E-state index is -1.08. The van der Waals surface area contributed by atoms with E-state index in [-0.39, 0.29) is 17.5 Å². The molecule has 0 spiro atoms. The van der Waals surface area contributed by atoms with Gasteiger partial charge >= 0.3 is 0 Å². The van der Waals surface area contributed by atoms with E-state index in [2.05, 4.69) is 71.3 Å². The van der Waals surface area contributed by atoms with Crippen LogP contribution in [-0.2, 0) is 0 Å². The molecule has 8 aromatic carbocycles. The van der Waals surface area contributed by atoms with E-state index < -0.39 is 34.3 Å². The van der Waals surface area contributed by atoms with E-state index in [1.165, 1.54) is 0 Å². The Hall–Kier alpha value is -8.21. The quantitative estimate of drug-likeness (QED) is 0.0824. The average Bonchev–Trinajstić information content (AvgIpc) is 3.86. The van der Waals surface area contributed by atoms with E-state index in [0.29, 0.717) is 11.1 Å². The maximum absolute atomic E-state index is 11.2. The van der Waals surface area contributed by atoms with Crippen LogP contribution in [0.2, 0.25) is 0 Å². The highest BCUT2D eigenvalue weighted by Gasteiger charge is 2.28. The minimum absolute atomic E-state index is 0.192. The lowest BCUT2D eigenvalue weighted by atomic mass is 9.99. The number of hydrogen-bond donors (Lipinski definition) is 5. The maximum atomic E-state index is 11.2. The van der Waals surface area contributed by atoms with Crippen molar-refractivity contribution in [3.63, 3.8) is 0 Å². The molecule has 3 aromatic heterocycles. The Balaban J connectivity index is 1.25. The van der Waals surface area contributed by atoms with Crippen LogP contribution in [0.5, 0.6) is 28.7 Å². The predicted molar refractivity (Wildman–Crippen MR) is 243 cm³/mol. The first-order chi connectivity index (χ1) is 29.9. The Kier molecular flexibility index (Phi) is 8.23. The van der Waals surface area contributed by atoms with E-state index in [1.54, 1.807) is 11.3 Å². The maximum Gasteiger partial charge on any atom is 0.208 e. The van der Waals surface area contributed by atoms with Crippen LogP contribution in [-0.4, -0.2) is 45.1 Å². The van der Waals surface area contributed by atoms with E-state index in [0.717, 1.165) is 69.9 Å². The van der Waals surface area contributed by atoms with Crippen LogP contribution in [0.4, 0.5) is 0 Å². The van der Waals surface area contributed by atoms with Gasteiger partial charge in [-0.3, -0.25) is 0 Å². The standard InChI is InChI=1S/C51H32N4O5S/c56-43-42(44(57)46(59)47(60)45(43)58)51-53-49(52-50(54-51)34-20-8-7-18-31(34)28-14-3-1-4-15-28)30-26-36-33-19-10-12-25-40(33)61-48(36)39(27-30)55-37-23-11-9-21-35(37)41-32(22-13-24-38(41)55)29-16-5-2-6-17-29/h1-27,56-60H. The number of phenolic OH excluding ortho intramolecular Hbond substituents is 5. The Bertz CT molecular complexity index is 3520. The first-order valence-electron chi connectivity index (χ1n) is 19.5. The molecule has 0 bridgehead atoms. The summed E-state index contributed by atoms with van der Waals surface area (Å²) in [6, 6.07) is 54.9. The fourth-order valence-corrected chi connectivity index (χ4v) is 9.61. The van der Waals surface area contributed by atoms with Gasteiger partial charge in [0.05, 0.1) is 21.4 Å². The van der Waals surface area contributed by atoms with Crippen LogP contribution in [0.15, 0.2) is 164 Å². The molecule has 0 aliphatic carbocycles. The first kappa shape index (κ1) is 35.9. The Morgan fingerprint density at radius 3 is 1.67 bits per heavy atom. The molecule has 61 heavy (non-hydrogen) atoms. The van der Waals surface area contributed by atoms with Gasteiger partial charge in [-0.25, -0.2) is 15.0 Å². The minimum Gasteiger partial charge on any atom is -0.504 e. The summed E-state index contributed by atoms with van der Waals surface area (Å²) in [7, 11) is 0. The lowest BCUT2D eigenvalue weighted by Crippen LogP contribution is -2.02. The number of phenols is 5. The zero-order valence-electron chi connectivity index (χ0n) is 32.0. The monoisotopic (exact) mass is 812 g/mol. The van der Waals surface area contributed by atoms with Crippen LogP contribution in [0.3, 0.4) is 0 Å². The van der Waals surface area contributed by atoms with Gasteiger partial charge in [0.25, 0.3) is 0 Å². The zero-order valence-corrected chi connectivity index (χ0v) is 32.8. The summed E-state index contributed by atoms with van der Waals surface area (Å²) in [4.78, 5) is 14.7. The summed E-state index contributed by atoms with van der Waals surface area (Å²) in [5, 5.41) is 58.3. The summed E-state index contributed by atoms with van der Waals surface area (Å²) >= 11 is 1.70. The molecule has 0 saturated carbocycles. The lowest BCUT2D eigenvalue weighted by Gasteiger charge is -2.16. The summed E-state index contributed by atoms with van der Waals surface area (Å²) in [6.45, 7) is 0. The van der Waals surface area contributed by atoms with E-state index in [9.17, 15) is 25.5 Å². The summed E-state index contributed by atoms with van der Waals surface area (Å²) in [6.07, 6.45) is 0. The number of fused-ring (bicyclic) bond motifs is 6. The fraction of sp³-hybridized carbons (Fsp3) is 0. The lowest BCUT2D eigenvalue weighted by molar-refractivity contribution is 0.329. The van der Waals surface area contributed by atoms with Crippen LogP contribution in [0.25, 0.3) is 104 Å². The molecular weight excluding hydrogens is 781 g/mol. The number of benzene rings is 8. The third kappa shape index (κ3) is 5.65. The first-order valence-corrected chi connectivity index (χ1v) is 20.3. The molecule has 0 atom stereocenters. The fourth-order valence-electron chi connectivity index (χ4n) is 8.42. The Morgan fingerprint density at radius 2 is 0.934 bits per heavy atom. The molecule has 0 amide bonds. The number of hydrogen-bond acceptors (Lipinski definition) is 9. The number of aromatic nitrogens is 4. The van der Waals surface area contributed by atoms with E-state index in [1.807, 2.05) is 97.1 Å². The second-order valence-electron chi connectivity index (χ2n) is 14.7. The van der Waals surface area contributed by atoms with Crippen LogP contribution in [0, 0.1) is 0 Å². The molecule has 5 N–H and O–H groups in total. The van der Waals surface area contributed by atoms with Gasteiger partial charge in [0, 0.05) is 37.4 Å². The molecule has 0 saturated heterocycles. The van der Waals surface area contributed by atoms with Gasteiger partial charge in [0.2, 0.25) is 17.2 Å². The van der Waals surface area contributed by atoms with E-state index in [4.69, 9.17) is 15.0 Å². The Morgan fingerprint density at radius 1 is 0.393 bits per heavy atom. The average molecular weight is 813 g/mol. The molecule has 292 valence electrons. The van der Waals surface area contributed by atoms with Crippen molar-refractivity contribution in [2.75, 3.05) is 0 Å². The van der Waals surface area contributed by atoms with Gasteiger partial charge in [-0.1, -0.05) is 133 Å². The second kappa shape index (κ2) is 14.0. The number of aromatic hydroxyl groups is 5. The molecule has 11 rings (SSSR count). The summed E-state index contributed by atoms with van der Waals surface area (Å²) in [5.74, 6) is -4.82. The third-order valence-corrected chi connectivity index (χ3v) is 12.4. The topological polar surface area (TPSA) is 145 Å². The van der Waals surface area contributed by atoms with Crippen LogP contribution in [0.1, 0.15) is 0 Å². The van der Waals surface area contributed by atoms with Crippen molar-refractivity contribution >= 4 is 53.3 Å². The summed E-state index contributed by atoms with van der Waals surface area (Å²) in [5.41, 5.74) is 7.60. The third-order valence-electron chi connectivity index (χ3n) is 11.2. The second-order valence-corrected chi connectivity index (χ2v) is 15.8. The number of para-hydroxylation sites is 1. The normalized spacial score (nSPS) is 11.6. The molecule has 0 fully saturated rings. The SMILES string of the molecule is Oc1c(O)c(O)c(-c2nc(-c3cc(-n4c5ccccc5c5c(-c6ccccc6)cccc54)c4sc5ccccc5c4c3)nc(-c3ccccc3-c3ccccc3)n2)c(O)c1O. The zero-order chi connectivity index (χ0) is 41.4. The summed E-state index contributed by atoms with van der Waals surface area (Å²) < 4.78 is 4.44. The van der Waals surface area contributed by atoms with Gasteiger partial charge in [-0.05, 0) is 52.6 Å².